The van der Waals surface area contributed by atoms with Crippen LogP contribution in [0.1, 0.15) is 38.3 Å². The first-order chi connectivity index (χ1) is 10.8. The summed E-state index contributed by atoms with van der Waals surface area (Å²) in [4.78, 5) is 13.8. The van der Waals surface area contributed by atoms with E-state index in [-0.39, 0.29) is 6.09 Å². The molecule has 1 heterocycles. The van der Waals surface area contributed by atoms with Crippen LogP contribution in [0.25, 0.3) is 0 Å². The number of carbonyl (C=O) groups excluding carboxylic acids is 1. The van der Waals surface area contributed by atoms with Crippen LogP contribution in [-0.4, -0.2) is 36.2 Å². The van der Waals surface area contributed by atoms with E-state index < -0.39 is 5.60 Å². The van der Waals surface area contributed by atoms with E-state index in [1.807, 2.05) is 20.8 Å². The van der Waals surface area contributed by atoms with Crippen LogP contribution in [0.15, 0.2) is 35.9 Å². The van der Waals surface area contributed by atoms with Gasteiger partial charge in [0.05, 0.1) is 0 Å². The highest BCUT2D eigenvalue weighted by molar-refractivity contribution is 5.68. The lowest BCUT2D eigenvalue weighted by Crippen LogP contribution is -2.39. The first-order valence-corrected chi connectivity index (χ1v) is 8.25. The molecule has 0 aromatic heterocycles. The van der Waals surface area contributed by atoms with Crippen molar-refractivity contribution >= 4 is 6.09 Å². The van der Waals surface area contributed by atoms with Crippen molar-refractivity contribution in [1.82, 2.24) is 10.2 Å². The molecule has 0 atom stereocenters. The minimum Gasteiger partial charge on any atom is -0.444 e. The summed E-state index contributed by atoms with van der Waals surface area (Å²) >= 11 is 0. The Balaban J connectivity index is 1.75. The van der Waals surface area contributed by atoms with Gasteiger partial charge in [-0.25, -0.2) is 4.79 Å². The zero-order valence-corrected chi connectivity index (χ0v) is 14.7. The second kappa shape index (κ2) is 7.64. The Hall–Kier alpha value is -1.81. The van der Waals surface area contributed by atoms with Crippen molar-refractivity contribution in [3.63, 3.8) is 0 Å². The van der Waals surface area contributed by atoms with Crippen molar-refractivity contribution in [3.05, 3.63) is 47.0 Å². The Bertz CT molecular complexity index is 573. The van der Waals surface area contributed by atoms with E-state index in [4.69, 9.17) is 4.74 Å². The molecule has 1 amide bonds. The highest BCUT2D eigenvalue weighted by Crippen LogP contribution is 2.15. The number of aryl methyl sites for hydroxylation is 1. The molecule has 4 nitrogen and oxygen atoms in total. The molecule has 1 aliphatic heterocycles. The van der Waals surface area contributed by atoms with E-state index in [1.54, 1.807) is 4.90 Å². The SMILES string of the molecule is Cc1cccc(CNCC2=CCN(C(=O)OC(C)(C)C)CC2)c1. The molecule has 0 unspecified atom stereocenters. The van der Waals surface area contributed by atoms with Crippen LogP contribution in [0, 0.1) is 6.92 Å². The Morgan fingerprint density at radius 1 is 1.30 bits per heavy atom. The van der Waals surface area contributed by atoms with Gasteiger partial charge in [0.2, 0.25) is 0 Å². The normalized spacial score (nSPS) is 15.3. The number of carbonyl (C=O) groups is 1. The third kappa shape index (κ3) is 6.06. The number of ether oxygens (including phenoxy) is 1. The average molecular weight is 316 g/mol. The smallest absolute Gasteiger partial charge is 0.410 e. The maximum absolute atomic E-state index is 12.0. The Morgan fingerprint density at radius 2 is 2.09 bits per heavy atom. The number of amides is 1. The third-order valence-electron chi connectivity index (χ3n) is 3.72. The summed E-state index contributed by atoms with van der Waals surface area (Å²) in [5.41, 5.74) is 3.51. The standard InChI is InChI=1S/C19H28N2O2/c1-15-6-5-7-17(12-15)14-20-13-16-8-10-21(11-9-16)18(22)23-19(2,3)4/h5-8,12,20H,9-11,13-14H2,1-4H3. The molecule has 1 N–H and O–H groups in total. The topological polar surface area (TPSA) is 41.6 Å². The molecular formula is C19H28N2O2. The van der Waals surface area contributed by atoms with Crippen molar-refractivity contribution in [1.29, 1.82) is 0 Å². The zero-order valence-electron chi connectivity index (χ0n) is 14.7. The molecule has 1 aromatic carbocycles. The maximum atomic E-state index is 12.0. The molecule has 0 bridgehead atoms. The van der Waals surface area contributed by atoms with Gasteiger partial charge in [0, 0.05) is 26.2 Å². The second-order valence-corrected chi connectivity index (χ2v) is 7.13. The number of benzene rings is 1. The van der Waals surface area contributed by atoms with Crippen molar-refractivity contribution < 1.29 is 9.53 Å². The number of rotatable bonds is 4. The monoisotopic (exact) mass is 316 g/mol. The average Bonchev–Trinajstić information content (AvgIpc) is 2.46. The fourth-order valence-corrected chi connectivity index (χ4v) is 2.55. The van der Waals surface area contributed by atoms with E-state index in [2.05, 4.69) is 42.6 Å². The summed E-state index contributed by atoms with van der Waals surface area (Å²) in [5.74, 6) is 0. The molecule has 0 radical (unpaired) electrons. The lowest BCUT2D eigenvalue weighted by atomic mass is 10.1. The van der Waals surface area contributed by atoms with Crippen LogP contribution >= 0.6 is 0 Å². The fraction of sp³-hybridized carbons (Fsp3) is 0.526. The minimum absolute atomic E-state index is 0.222. The van der Waals surface area contributed by atoms with E-state index in [1.165, 1.54) is 16.7 Å². The summed E-state index contributed by atoms with van der Waals surface area (Å²) in [6.07, 6.45) is 2.82. The quantitative estimate of drug-likeness (QED) is 0.862. The van der Waals surface area contributed by atoms with Crippen LogP contribution in [0.3, 0.4) is 0 Å². The van der Waals surface area contributed by atoms with Gasteiger partial charge in [-0.1, -0.05) is 41.5 Å². The molecule has 1 aromatic rings. The molecule has 0 saturated heterocycles. The van der Waals surface area contributed by atoms with Gasteiger partial charge in [-0.05, 0) is 39.7 Å². The second-order valence-electron chi connectivity index (χ2n) is 7.13. The molecule has 0 aliphatic carbocycles. The molecule has 0 fully saturated rings. The number of hydrogen-bond acceptors (Lipinski definition) is 3. The van der Waals surface area contributed by atoms with E-state index in [0.29, 0.717) is 6.54 Å². The molecule has 2 rings (SSSR count). The Labute approximate surface area is 139 Å². The third-order valence-corrected chi connectivity index (χ3v) is 3.72. The molecule has 4 heteroatoms. The largest absolute Gasteiger partial charge is 0.444 e. The molecular weight excluding hydrogens is 288 g/mol. The van der Waals surface area contributed by atoms with Gasteiger partial charge in [0.15, 0.2) is 0 Å². The zero-order chi connectivity index (χ0) is 16.9. The lowest BCUT2D eigenvalue weighted by molar-refractivity contribution is 0.0265. The number of hydrogen-bond donors (Lipinski definition) is 1. The lowest BCUT2D eigenvalue weighted by Gasteiger charge is -2.29. The molecule has 0 spiro atoms. The molecule has 23 heavy (non-hydrogen) atoms. The summed E-state index contributed by atoms with van der Waals surface area (Å²) in [6, 6.07) is 8.54. The minimum atomic E-state index is -0.434. The highest BCUT2D eigenvalue weighted by atomic mass is 16.6. The molecule has 126 valence electrons. The van der Waals surface area contributed by atoms with Crippen molar-refractivity contribution in [2.45, 2.75) is 46.3 Å². The van der Waals surface area contributed by atoms with Gasteiger partial charge in [-0.2, -0.15) is 0 Å². The van der Waals surface area contributed by atoms with Crippen LogP contribution in [-0.2, 0) is 11.3 Å². The van der Waals surface area contributed by atoms with Crippen molar-refractivity contribution in [2.75, 3.05) is 19.6 Å². The predicted octanol–water partition coefficient (Wildman–Crippen LogP) is 3.65. The van der Waals surface area contributed by atoms with Gasteiger partial charge < -0.3 is 15.0 Å². The Morgan fingerprint density at radius 3 is 2.70 bits per heavy atom. The summed E-state index contributed by atoms with van der Waals surface area (Å²) in [7, 11) is 0. The summed E-state index contributed by atoms with van der Waals surface area (Å²) in [6.45, 7) is 10.9. The number of nitrogens with one attached hydrogen (secondary N) is 1. The van der Waals surface area contributed by atoms with Crippen molar-refractivity contribution in [2.24, 2.45) is 0 Å². The van der Waals surface area contributed by atoms with Crippen molar-refractivity contribution in [3.8, 4) is 0 Å². The highest BCUT2D eigenvalue weighted by Gasteiger charge is 2.23. The predicted molar refractivity (Wildman–Crippen MR) is 93.4 cm³/mol. The summed E-state index contributed by atoms with van der Waals surface area (Å²) < 4.78 is 5.40. The first kappa shape index (κ1) is 17.5. The maximum Gasteiger partial charge on any atom is 0.410 e. The Kier molecular flexibility index (Phi) is 5.83. The van der Waals surface area contributed by atoms with Crippen LogP contribution < -0.4 is 5.32 Å². The fourth-order valence-electron chi connectivity index (χ4n) is 2.55. The van der Waals surface area contributed by atoms with Gasteiger partial charge in [0.25, 0.3) is 0 Å². The van der Waals surface area contributed by atoms with E-state index in [0.717, 1.165) is 26.1 Å². The van der Waals surface area contributed by atoms with Crippen LogP contribution in [0.5, 0.6) is 0 Å². The first-order valence-electron chi connectivity index (χ1n) is 8.25. The van der Waals surface area contributed by atoms with Gasteiger partial charge in [0.1, 0.15) is 5.60 Å². The van der Waals surface area contributed by atoms with E-state index in [9.17, 15) is 4.79 Å². The van der Waals surface area contributed by atoms with Crippen LogP contribution in [0.4, 0.5) is 4.79 Å². The van der Waals surface area contributed by atoms with Gasteiger partial charge in [-0.3, -0.25) is 0 Å². The summed E-state index contributed by atoms with van der Waals surface area (Å²) in [5, 5.41) is 3.48. The molecule has 1 aliphatic rings. The number of nitrogens with zero attached hydrogens (tertiary/aromatic N) is 1. The van der Waals surface area contributed by atoms with Gasteiger partial charge >= 0.3 is 6.09 Å². The van der Waals surface area contributed by atoms with Gasteiger partial charge in [-0.15, -0.1) is 0 Å². The van der Waals surface area contributed by atoms with E-state index >= 15 is 0 Å². The molecule has 0 saturated carbocycles. The van der Waals surface area contributed by atoms with Crippen LogP contribution in [0.2, 0.25) is 0 Å².